The van der Waals surface area contributed by atoms with Gasteiger partial charge in [0.1, 0.15) is 0 Å². The van der Waals surface area contributed by atoms with Crippen molar-refractivity contribution in [1.29, 1.82) is 0 Å². The van der Waals surface area contributed by atoms with Gasteiger partial charge in [0.15, 0.2) is 0 Å². The Hall–Kier alpha value is -1.46. The highest BCUT2D eigenvalue weighted by atomic mass is 16.6. The molecule has 5 heteroatoms. The number of aliphatic hydroxyl groups is 1. The van der Waals surface area contributed by atoms with Gasteiger partial charge in [-0.25, -0.2) is 0 Å². The summed E-state index contributed by atoms with van der Waals surface area (Å²) in [5.41, 5.74) is 2.09. The Bertz CT molecular complexity index is 421. The SMILES string of the molecule is CCN(CCO)C(C)c1cc([N+](=O)[O-])ccc1C. The summed E-state index contributed by atoms with van der Waals surface area (Å²) in [6.45, 7) is 7.42. The molecule has 0 aliphatic rings. The van der Waals surface area contributed by atoms with Gasteiger partial charge in [-0.3, -0.25) is 15.0 Å². The topological polar surface area (TPSA) is 66.6 Å². The molecule has 0 saturated heterocycles. The quantitative estimate of drug-likeness (QED) is 0.623. The number of benzene rings is 1. The zero-order valence-corrected chi connectivity index (χ0v) is 11.1. The molecule has 0 fully saturated rings. The van der Waals surface area contributed by atoms with Gasteiger partial charge in [-0.1, -0.05) is 13.0 Å². The second-order valence-corrected chi connectivity index (χ2v) is 4.33. The number of nitro groups is 1. The van der Waals surface area contributed by atoms with E-state index in [0.717, 1.165) is 17.7 Å². The molecule has 0 bridgehead atoms. The number of nitrogens with zero attached hydrogens (tertiary/aromatic N) is 2. The van der Waals surface area contributed by atoms with E-state index in [9.17, 15) is 10.1 Å². The molecule has 1 N–H and O–H groups in total. The Labute approximate surface area is 107 Å². The van der Waals surface area contributed by atoms with E-state index in [-0.39, 0.29) is 23.3 Å². The standard InChI is InChI=1S/C13H20N2O3/c1-4-14(7-8-16)11(3)13-9-12(15(17)18)6-5-10(13)2/h5-6,9,11,16H,4,7-8H2,1-3H3. The van der Waals surface area contributed by atoms with E-state index in [1.54, 1.807) is 12.1 Å². The molecule has 0 amide bonds. The first-order valence-electron chi connectivity index (χ1n) is 6.11. The van der Waals surface area contributed by atoms with Crippen LogP contribution in [0.3, 0.4) is 0 Å². The largest absolute Gasteiger partial charge is 0.395 e. The van der Waals surface area contributed by atoms with Gasteiger partial charge in [0, 0.05) is 24.7 Å². The highest BCUT2D eigenvalue weighted by molar-refractivity contribution is 5.40. The van der Waals surface area contributed by atoms with Crippen molar-refractivity contribution in [3.8, 4) is 0 Å². The van der Waals surface area contributed by atoms with Crippen LogP contribution in [-0.2, 0) is 0 Å². The first-order valence-corrected chi connectivity index (χ1v) is 6.11. The molecule has 18 heavy (non-hydrogen) atoms. The van der Waals surface area contributed by atoms with Crippen LogP contribution in [-0.4, -0.2) is 34.6 Å². The molecule has 0 aromatic heterocycles. The van der Waals surface area contributed by atoms with E-state index in [0.29, 0.717) is 6.54 Å². The molecule has 1 unspecified atom stereocenters. The van der Waals surface area contributed by atoms with Gasteiger partial charge >= 0.3 is 0 Å². The van der Waals surface area contributed by atoms with Crippen molar-refractivity contribution in [3.05, 3.63) is 39.4 Å². The fourth-order valence-electron chi connectivity index (χ4n) is 2.14. The summed E-state index contributed by atoms with van der Waals surface area (Å²) in [6, 6.07) is 4.98. The summed E-state index contributed by atoms with van der Waals surface area (Å²) in [4.78, 5) is 12.5. The summed E-state index contributed by atoms with van der Waals surface area (Å²) >= 11 is 0. The Morgan fingerprint density at radius 3 is 2.67 bits per heavy atom. The molecule has 0 spiro atoms. The minimum absolute atomic E-state index is 0.0575. The lowest BCUT2D eigenvalue weighted by Gasteiger charge is -2.28. The molecule has 100 valence electrons. The van der Waals surface area contributed by atoms with Gasteiger partial charge in [-0.05, 0) is 31.5 Å². The molecule has 0 heterocycles. The highest BCUT2D eigenvalue weighted by Crippen LogP contribution is 2.26. The van der Waals surface area contributed by atoms with Crippen LogP contribution in [0.2, 0.25) is 0 Å². The smallest absolute Gasteiger partial charge is 0.269 e. The van der Waals surface area contributed by atoms with Crippen molar-refractivity contribution in [3.63, 3.8) is 0 Å². The first-order chi connectivity index (χ1) is 8.51. The monoisotopic (exact) mass is 252 g/mol. The van der Waals surface area contributed by atoms with Gasteiger partial charge in [0.05, 0.1) is 11.5 Å². The van der Waals surface area contributed by atoms with Crippen molar-refractivity contribution in [2.24, 2.45) is 0 Å². The van der Waals surface area contributed by atoms with Crippen LogP contribution in [0.25, 0.3) is 0 Å². The van der Waals surface area contributed by atoms with E-state index in [4.69, 9.17) is 5.11 Å². The van der Waals surface area contributed by atoms with Crippen molar-refractivity contribution in [2.75, 3.05) is 19.7 Å². The molecule has 0 aliphatic carbocycles. The molecule has 0 radical (unpaired) electrons. The Balaban J connectivity index is 3.06. The molecule has 0 aliphatic heterocycles. The predicted octanol–water partition coefficient (Wildman–Crippen LogP) is 2.28. The summed E-state index contributed by atoms with van der Waals surface area (Å²) in [5, 5.41) is 19.8. The minimum Gasteiger partial charge on any atom is -0.395 e. The predicted molar refractivity (Wildman–Crippen MR) is 70.6 cm³/mol. The van der Waals surface area contributed by atoms with E-state index in [1.807, 2.05) is 20.8 Å². The number of likely N-dealkylation sites (N-methyl/N-ethyl adjacent to an activating group) is 1. The van der Waals surface area contributed by atoms with Gasteiger partial charge in [0.25, 0.3) is 5.69 Å². The lowest BCUT2D eigenvalue weighted by Crippen LogP contribution is -2.30. The molecule has 1 aromatic carbocycles. The van der Waals surface area contributed by atoms with E-state index in [1.165, 1.54) is 6.07 Å². The van der Waals surface area contributed by atoms with Crippen LogP contribution in [0.15, 0.2) is 18.2 Å². The zero-order chi connectivity index (χ0) is 13.7. The Morgan fingerprint density at radius 2 is 2.17 bits per heavy atom. The first kappa shape index (κ1) is 14.6. The van der Waals surface area contributed by atoms with Crippen LogP contribution in [0.1, 0.15) is 31.0 Å². The third-order valence-corrected chi connectivity index (χ3v) is 3.26. The van der Waals surface area contributed by atoms with E-state index >= 15 is 0 Å². The number of hydrogen-bond donors (Lipinski definition) is 1. The molecule has 1 aromatic rings. The second kappa shape index (κ2) is 6.47. The highest BCUT2D eigenvalue weighted by Gasteiger charge is 2.18. The number of aryl methyl sites for hydroxylation is 1. The third kappa shape index (κ3) is 3.27. The fraction of sp³-hybridized carbons (Fsp3) is 0.538. The van der Waals surface area contributed by atoms with E-state index in [2.05, 4.69) is 4.90 Å². The maximum absolute atomic E-state index is 10.8. The van der Waals surface area contributed by atoms with Crippen molar-refractivity contribution in [2.45, 2.75) is 26.8 Å². The number of non-ortho nitro benzene ring substituents is 1. The minimum atomic E-state index is -0.377. The van der Waals surface area contributed by atoms with Crippen LogP contribution in [0.5, 0.6) is 0 Å². The number of hydrogen-bond acceptors (Lipinski definition) is 4. The van der Waals surface area contributed by atoms with Crippen LogP contribution >= 0.6 is 0 Å². The maximum Gasteiger partial charge on any atom is 0.269 e. The summed E-state index contributed by atoms with van der Waals surface area (Å²) in [5.74, 6) is 0. The second-order valence-electron chi connectivity index (χ2n) is 4.33. The van der Waals surface area contributed by atoms with Gasteiger partial charge in [-0.15, -0.1) is 0 Å². The average Bonchev–Trinajstić information content (AvgIpc) is 2.35. The van der Waals surface area contributed by atoms with E-state index < -0.39 is 0 Å². The van der Waals surface area contributed by atoms with Crippen molar-refractivity contribution < 1.29 is 10.0 Å². The molecule has 1 atom stereocenters. The normalized spacial score (nSPS) is 12.7. The van der Waals surface area contributed by atoms with Gasteiger partial charge in [-0.2, -0.15) is 0 Å². The Morgan fingerprint density at radius 1 is 1.50 bits per heavy atom. The molecular weight excluding hydrogens is 232 g/mol. The molecule has 0 saturated carbocycles. The maximum atomic E-state index is 10.8. The third-order valence-electron chi connectivity index (χ3n) is 3.26. The number of rotatable bonds is 6. The Kier molecular flexibility index (Phi) is 5.25. The van der Waals surface area contributed by atoms with Gasteiger partial charge in [0.2, 0.25) is 0 Å². The molecule has 1 rings (SSSR count). The number of nitro benzene ring substituents is 1. The summed E-state index contributed by atoms with van der Waals surface area (Å²) in [7, 11) is 0. The van der Waals surface area contributed by atoms with Crippen LogP contribution < -0.4 is 0 Å². The van der Waals surface area contributed by atoms with Crippen molar-refractivity contribution >= 4 is 5.69 Å². The van der Waals surface area contributed by atoms with Gasteiger partial charge < -0.3 is 5.11 Å². The summed E-state index contributed by atoms with van der Waals surface area (Å²) < 4.78 is 0. The molecular formula is C13H20N2O3. The fourth-order valence-corrected chi connectivity index (χ4v) is 2.14. The number of aliphatic hydroxyl groups excluding tert-OH is 1. The summed E-state index contributed by atoms with van der Waals surface area (Å²) in [6.07, 6.45) is 0. The van der Waals surface area contributed by atoms with Crippen LogP contribution in [0.4, 0.5) is 5.69 Å². The average molecular weight is 252 g/mol. The zero-order valence-electron chi connectivity index (χ0n) is 11.1. The molecule has 5 nitrogen and oxygen atoms in total. The lowest BCUT2D eigenvalue weighted by atomic mass is 10.0. The lowest BCUT2D eigenvalue weighted by molar-refractivity contribution is -0.385. The van der Waals surface area contributed by atoms with Crippen LogP contribution in [0, 0.1) is 17.0 Å². The van der Waals surface area contributed by atoms with Crippen molar-refractivity contribution in [1.82, 2.24) is 4.90 Å².